The Balaban J connectivity index is 4.02. The van der Waals surface area contributed by atoms with Gasteiger partial charge in [-0.25, -0.2) is 0 Å². The predicted molar refractivity (Wildman–Crippen MR) is 50.5 cm³/mol. The minimum absolute atomic E-state index is 0.118. The number of aliphatic hydroxyl groups is 1. The van der Waals surface area contributed by atoms with Crippen LogP contribution in [-0.4, -0.2) is 42.9 Å². The number of likely N-dealkylation sites (N-methyl/N-ethyl adjacent to an activating group) is 2. The molecular formula is C8H19N3O. The minimum Gasteiger partial charge on any atom is -0.405 e. The van der Waals surface area contributed by atoms with Crippen LogP contribution in [0.25, 0.3) is 0 Å². The molecule has 1 unspecified atom stereocenters. The summed E-state index contributed by atoms with van der Waals surface area (Å²) in [5.74, 6) is 0. The first-order valence-corrected chi connectivity index (χ1v) is 4.20. The van der Waals surface area contributed by atoms with Crippen molar-refractivity contribution in [1.29, 1.82) is 0 Å². The zero-order valence-electron chi connectivity index (χ0n) is 7.83. The van der Waals surface area contributed by atoms with Gasteiger partial charge in [-0.3, -0.25) is 4.90 Å². The van der Waals surface area contributed by atoms with Crippen LogP contribution >= 0.6 is 0 Å². The minimum atomic E-state index is 0.118. The van der Waals surface area contributed by atoms with Crippen molar-refractivity contribution in [3.63, 3.8) is 0 Å². The molecule has 0 heterocycles. The molecule has 12 heavy (non-hydrogen) atoms. The average Bonchev–Trinajstić information content (AvgIpc) is 2.11. The monoisotopic (exact) mass is 173 g/mol. The lowest BCUT2D eigenvalue weighted by Gasteiger charge is -2.26. The summed E-state index contributed by atoms with van der Waals surface area (Å²) >= 11 is 0. The molecule has 0 saturated carbocycles. The van der Waals surface area contributed by atoms with Crippen LogP contribution in [0.1, 0.15) is 6.92 Å². The van der Waals surface area contributed by atoms with E-state index >= 15 is 0 Å². The molecule has 1 atom stereocenters. The first-order valence-electron chi connectivity index (χ1n) is 4.20. The lowest BCUT2D eigenvalue weighted by Crippen LogP contribution is -2.44. The zero-order valence-corrected chi connectivity index (χ0v) is 7.83. The molecular weight excluding hydrogens is 154 g/mol. The second-order valence-corrected chi connectivity index (χ2v) is 2.47. The van der Waals surface area contributed by atoms with Gasteiger partial charge in [-0.15, -0.1) is 0 Å². The number of nitrogens with two attached hydrogens (primary N) is 1. The van der Waals surface area contributed by atoms with Gasteiger partial charge in [0.05, 0.1) is 12.8 Å². The van der Waals surface area contributed by atoms with Crippen molar-refractivity contribution in [1.82, 2.24) is 10.2 Å². The molecule has 0 fully saturated rings. The largest absolute Gasteiger partial charge is 0.405 e. The molecule has 4 nitrogen and oxygen atoms in total. The van der Waals surface area contributed by atoms with Crippen molar-refractivity contribution in [3.8, 4) is 0 Å². The van der Waals surface area contributed by atoms with Crippen LogP contribution < -0.4 is 11.1 Å². The highest BCUT2D eigenvalue weighted by molar-refractivity contribution is 4.89. The number of rotatable bonds is 6. The van der Waals surface area contributed by atoms with Gasteiger partial charge in [-0.1, -0.05) is 6.92 Å². The molecule has 0 radical (unpaired) electrons. The van der Waals surface area contributed by atoms with Gasteiger partial charge < -0.3 is 16.2 Å². The third-order valence-electron chi connectivity index (χ3n) is 1.78. The predicted octanol–water partition coefficient (Wildman–Crippen LogP) is -0.681. The molecule has 72 valence electrons. The summed E-state index contributed by atoms with van der Waals surface area (Å²) in [6, 6.07) is 0. The molecule has 0 aliphatic rings. The number of nitrogens with one attached hydrogen (secondary N) is 1. The number of hydrogen-bond donors (Lipinski definition) is 3. The van der Waals surface area contributed by atoms with Crippen LogP contribution in [-0.2, 0) is 0 Å². The van der Waals surface area contributed by atoms with E-state index in [1.807, 2.05) is 20.0 Å². The Morgan fingerprint density at radius 3 is 2.67 bits per heavy atom. The van der Waals surface area contributed by atoms with E-state index in [1.165, 1.54) is 6.20 Å². The Kier molecular flexibility index (Phi) is 6.75. The number of nitrogens with zero attached hydrogens (tertiary/aromatic N) is 1. The zero-order chi connectivity index (χ0) is 9.40. The first kappa shape index (κ1) is 11.4. The van der Waals surface area contributed by atoms with E-state index in [2.05, 4.69) is 10.2 Å². The number of aliphatic hydroxyl groups excluding tert-OH is 1. The van der Waals surface area contributed by atoms with Crippen molar-refractivity contribution in [2.75, 3.05) is 26.7 Å². The smallest absolute Gasteiger partial charge is 0.0804 e. The highest BCUT2D eigenvalue weighted by Gasteiger charge is 2.09. The molecule has 0 saturated heterocycles. The molecule has 0 bridgehead atoms. The quantitative estimate of drug-likeness (QED) is 0.466. The van der Waals surface area contributed by atoms with Gasteiger partial charge >= 0.3 is 0 Å². The summed E-state index contributed by atoms with van der Waals surface area (Å²) in [6.07, 6.45) is 3.49. The molecule has 0 aliphatic carbocycles. The second kappa shape index (κ2) is 7.09. The summed E-state index contributed by atoms with van der Waals surface area (Å²) in [4.78, 5) is 2.09. The van der Waals surface area contributed by atoms with Gasteiger partial charge in [-0.2, -0.15) is 0 Å². The molecule has 0 aromatic carbocycles. The molecule has 4 N–H and O–H groups in total. The molecule has 0 aromatic heterocycles. The third-order valence-corrected chi connectivity index (χ3v) is 1.78. The fourth-order valence-corrected chi connectivity index (χ4v) is 1.13. The Morgan fingerprint density at radius 1 is 1.67 bits per heavy atom. The van der Waals surface area contributed by atoms with Crippen LogP contribution in [0.2, 0.25) is 0 Å². The van der Waals surface area contributed by atoms with E-state index < -0.39 is 0 Å². The van der Waals surface area contributed by atoms with E-state index in [0.717, 1.165) is 6.54 Å². The van der Waals surface area contributed by atoms with Crippen LogP contribution in [0.15, 0.2) is 12.3 Å². The van der Waals surface area contributed by atoms with Gasteiger partial charge in [0.2, 0.25) is 0 Å². The maximum Gasteiger partial charge on any atom is 0.0804 e. The van der Waals surface area contributed by atoms with Crippen molar-refractivity contribution >= 4 is 0 Å². The fourth-order valence-electron chi connectivity index (χ4n) is 1.13. The van der Waals surface area contributed by atoms with Gasteiger partial charge in [0.1, 0.15) is 0 Å². The second-order valence-electron chi connectivity index (χ2n) is 2.47. The topological polar surface area (TPSA) is 61.5 Å². The summed E-state index contributed by atoms with van der Waals surface area (Å²) in [6.45, 7) is 3.76. The molecule has 4 heteroatoms. The van der Waals surface area contributed by atoms with E-state index in [4.69, 9.17) is 10.8 Å². The van der Waals surface area contributed by atoms with Crippen molar-refractivity contribution in [2.24, 2.45) is 5.73 Å². The van der Waals surface area contributed by atoms with Gasteiger partial charge in [-0.05, 0) is 25.9 Å². The first-order chi connectivity index (χ1) is 5.79. The van der Waals surface area contributed by atoms with Crippen molar-refractivity contribution < 1.29 is 5.11 Å². The van der Waals surface area contributed by atoms with Gasteiger partial charge in [0.25, 0.3) is 0 Å². The van der Waals surface area contributed by atoms with Crippen LogP contribution in [0, 0.1) is 0 Å². The molecule has 0 aliphatic heterocycles. The molecule has 0 aromatic rings. The normalized spacial score (nSPS) is 14.3. The van der Waals surface area contributed by atoms with E-state index in [9.17, 15) is 0 Å². The average molecular weight is 173 g/mol. The SMILES string of the molecule is CCN(CCO)C(/C=C\N)NC. The maximum atomic E-state index is 8.76. The van der Waals surface area contributed by atoms with E-state index in [1.54, 1.807) is 0 Å². The highest BCUT2D eigenvalue weighted by Crippen LogP contribution is 1.95. The lowest BCUT2D eigenvalue weighted by molar-refractivity contribution is 0.164. The lowest BCUT2D eigenvalue weighted by atomic mass is 10.3. The van der Waals surface area contributed by atoms with Gasteiger partial charge in [0.15, 0.2) is 0 Å². The highest BCUT2D eigenvalue weighted by atomic mass is 16.3. The van der Waals surface area contributed by atoms with Gasteiger partial charge in [0, 0.05) is 6.54 Å². The Labute approximate surface area is 74.0 Å². The van der Waals surface area contributed by atoms with E-state index in [0.29, 0.717) is 6.54 Å². The standard InChI is InChI=1S/C8H19N3O/c1-3-11(6-7-12)8(10-2)4-5-9/h4-5,8,10,12H,3,6-7,9H2,1-2H3/b5-4-. The summed E-state index contributed by atoms with van der Waals surface area (Å²) in [5, 5.41) is 11.8. The Bertz CT molecular complexity index is 127. The fraction of sp³-hybridized carbons (Fsp3) is 0.750. The van der Waals surface area contributed by atoms with E-state index in [-0.39, 0.29) is 12.8 Å². The summed E-state index contributed by atoms with van der Waals surface area (Å²) < 4.78 is 0. The van der Waals surface area contributed by atoms with Crippen LogP contribution in [0.4, 0.5) is 0 Å². The molecule has 0 rings (SSSR count). The third kappa shape index (κ3) is 3.71. The summed E-state index contributed by atoms with van der Waals surface area (Å²) in [5.41, 5.74) is 5.28. The van der Waals surface area contributed by atoms with Crippen LogP contribution in [0.3, 0.4) is 0 Å². The maximum absolute atomic E-state index is 8.76. The Hall–Kier alpha value is -0.580. The summed E-state index contributed by atoms with van der Waals surface area (Å²) in [7, 11) is 1.87. The van der Waals surface area contributed by atoms with Crippen molar-refractivity contribution in [2.45, 2.75) is 13.1 Å². The van der Waals surface area contributed by atoms with Crippen molar-refractivity contribution in [3.05, 3.63) is 12.3 Å². The molecule has 0 spiro atoms. The Morgan fingerprint density at radius 2 is 2.33 bits per heavy atom. The molecule has 0 amide bonds. The number of hydrogen-bond acceptors (Lipinski definition) is 4. The van der Waals surface area contributed by atoms with Crippen LogP contribution in [0.5, 0.6) is 0 Å².